The second-order valence-corrected chi connectivity index (χ2v) is 4.98. The Morgan fingerprint density at radius 3 is 2.45 bits per heavy atom. The van der Waals surface area contributed by atoms with Gasteiger partial charge in [0.1, 0.15) is 0 Å². The van der Waals surface area contributed by atoms with Crippen molar-refractivity contribution < 1.29 is 4.74 Å². The molecule has 2 aromatic rings. The molecule has 2 rings (SSSR count). The standard InChI is InChI=1S/C17H22N2O/c1-13-4-6-15(7-5-13)17-9-8-16(14(2)19-17)12-18-10-11-20-3/h4-9,18H,10-12H2,1-3H3. The van der Waals surface area contributed by atoms with Gasteiger partial charge in [-0.2, -0.15) is 0 Å². The number of hydrogen-bond acceptors (Lipinski definition) is 3. The first-order valence-corrected chi connectivity index (χ1v) is 6.94. The lowest BCUT2D eigenvalue weighted by molar-refractivity contribution is 0.199. The molecule has 0 amide bonds. The van der Waals surface area contributed by atoms with Crippen LogP contribution in [0.1, 0.15) is 16.8 Å². The molecule has 0 atom stereocenters. The molecule has 0 saturated heterocycles. The highest BCUT2D eigenvalue weighted by atomic mass is 16.5. The Morgan fingerprint density at radius 2 is 1.80 bits per heavy atom. The van der Waals surface area contributed by atoms with Crippen molar-refractivity contribution in [2.45, 2.75) is 20.4 Å². The van der Waals surface area contributed by atoms with E-state index in [4.69, 9.17) is 9.72 Å². The Hall–Kier alpha value is -1.71. The zero-order chi connectivity index (χ0) is 14.4. The molecule has 3 nitrogen and oxygen atoms in total. The lowest BCUT2D eigenvalue weighted by Gasteiger charge is -2.09. The van der Waals surface area contributed by atoms with Crippen molar-refractivity contribution >= 4 is 0 Å². The third-order valence-corrected chi connectivity index (χ3v) is 3.34. The first-order chi connectivity index (χ1) is 9.70. The number of nitrogens with one attached hydrogen (secondary N) is 1. The fourth-order valence-electron chi connectivity index (χ4n) is 2.06. The fourth-order valence-corrected chi connectivity index (χ4v) is 2.06. The first-order valence-electron chi connectivity index (χ1n) is 6.94. The topological polar surface area (TPSA) is 34.1 Å². The average Bonchev–Trinajstić information content (AvgIpc) is 2.46. The first kappa shape index (κ1) is 14.7. The summed E-state index contributed by atoms with van der Waals surface area (Å²) < 4.78 is 5.02. The quantitative estimate of drug-likeness (QED) is 0.819. The lowest BCUT2D eigenvalue weighted by atomic mass is 10.1. The number of benzene rings is 1. The van der Waals surface area contributed by atoms with Crippen molar-refractivity contribution in [2.24, 2.45) is 0 Å². The molecule has 0 aliphatic carbocycles. The Labute approximate surface area is 121 Å². The normalized spacial score (nSPS) is 10.8. The van der Waals surface area contributed by atoms with Gasteiger partial charge in [0.05, 0.1) is 12.3 Å². The monoisotopic (exact) mass is 270 g/mol. The summed E-state index contributed by atoms with van der Waals surface area (Å²) in [5, 5.41) is 3.35. The van der Waals surface area contributed by atoms with Gasteiger partial charge in [0, 0.05) is 31.5 Å². The number of nitrogens with zero attached hydrogens (tertiary/aromatic N) is 1. The summed E-state index contributed by atoms with van der Waals surface area (Å²) >= 11 is 0. The molecule has 0 fully saturated rings. The molecule has 1 heterocycles. The van der Waals surface area contributed by atoms with Crippen molar-refractivity contribution in [1.82, 2.24) is 10.3 Å². The van der Waals surface area contributed by atoms with Crippen molar-refractivity contribution in [3.8, 4) is 11.3 Å². The SMILES string of the molecule is COCCNCc1ccc(-c2ccc(C)cc2)nc1C. The van der Waals surface area contributed by atoms with E-state index in [0.717, 1.165) is 36.6 Å². The number of rotatable bonds is 6. The van der Waals surface area contributed by atoms with Crippen molar-refractivity contribution in [2.75, 3.05) is 20.3 Å². The molecule has 0 radical (unpaired) electrons. The minimum Gasteiger partial charge on any atom is -0.383 e. The Bertz CT molecular complexity index is 549. The van der Waals surface area contributed by atoms with Crippen LogP contribution in [0.2, 0.25) is 0 Å². The number of aryl methyl sites for hydroxylation is 2. The summed E-state index contributed by atoms with van der Waals surface area (Å²) in [4.78, 5) is 4.70. The van der Waals surface area contributed by atoms with Crippen LogP contribution in [0.15, 0.2) is 36.4 Å². The fraction of sp³-hybridized carbons (Fsp3) is 0.353. The molecule has 0 unspecified atom stereocenters. The maximum absolute atomic E-state index is 5.02. The minimum atomic E-state index is 0.730. The summed E-state index contributed by atoms with van der Waals surface area (Å²) in [6, 6.07) is 12.7. The summed E-state index contributed by atoms with van der Waals surface area (Å²) in [6.45, 7) is 6.57. The van der Waals surface area contributed by atoms with Crippen LogP contribution in [0.4, 0.5) is 0 Å². The second kappa shape index (κ2) is 7.17. The molecule has 3 heteroatoms. The van der Waals surface area contributed by atoms with Gasteiger partial charge in [-0.25, -0.2) is 0 Å². The zero-order valence-electron chi connectivity index (χ0n) is 12.4. The van der Waals surface area contributed by atoms with Crippen LogP contribution in [0.5, 0.6) is 0 Å². The predicted molar refractivity (Wildman–Crippen MR) is 82.7 cm³/mol. The highest BCUT2D eigenvalue weighted by molar-refractivity contribution is 5.60. The number of pyridine rings is 1. The molecule has 0 spiro atoms. The van der Waals surface area contributed by atoms with Crippen LogP contribution in [0.3, 0.4) is 0 Å². The molecule has 1 aromatic carbocycles. The molecule has 1 aromatic heterocycles. The summed E-state index contributed by atoms with van der Waals surface area (Å²) in [7, 11) is 1.71. The molecule has 0 aliphatic heterocycles. The zero-order valence-corrected chi connectivity index (χ0v) is 12.4. The van der Waals surface area contributed by atoms with Gasteiger partial charge < -0.3 is 10.1 Å². The Balaban J connectivity index is 2.07. The van der Waals surface area contributed by atoms with Crippen LogP contribution in [0, 0.1) is 13.8 Å². The van der Waals surface area contributed by atoms with Gasteiger partial charge in [0.15, 0.2) is 0 Å². The summed E-state index contributed by atoms with van der Waals surface area (Å²) in [6.07, 6.45) is 0. The molecule has 106 valence electrons. The lowest BCUT2D eigenvalue weighted by Crippen LogP contribution is -2.19. The largest absolute Gasteiger partial charge is 0.383 e. The second-order valence-electron chi connectivity index (χ2n) is 4.98. The van der Waals surface area contributed by atoms with E-state index in [1.54, 1.807) is 7.11 Å². The van der Waals surface area contributed by atoms with E-state index in [0.29, 0.717) is 0 Å². The highest BCUT2D eigenvalue weighted by Crippen LogP contribution is 2.19. The third kappa shape index (κ3) is 3.89. The van der Waals surface area contributed by atoms with Crippen molar-refractivity contribution in [1.29, 1.82) is 0 Å². The van der Waals surface area contributed by atoms with Crippen LogP contribution in [-0.4, -0.2) is 25.2 Å². The molecular formula is C17H22N2O. The van der Waals surface area contributed by atoms with Gasteiger partial charge in [-0.3, -0.25) is 4.98 Å². The van der Waals surface area contributed by atoms with E-state index >= 15 is 0 Å². The molecule has 0 aliphatic rings. The number of methoxy groups -OCH3 is 1. The van der Waals surface area contributed by atoms with Gasteiger partial charge in [-0.15, -0.1) is 0 Å². The summed E-state index contributed by atoms with van der Waals surface area (Å²) in [5.74, 6) is 0. The van der Waals surface area contributed by atoms with Gasteiger partial charge in [0.2, 0.25) is 0 Å². The molecule has 1 N–H and O–H groups in total. The van der Waals surface area contributed by atoms with E-state index in [1.807, 2.05) is 0 Å². The van der Waals surface area contributed by atoms with Gasteiger partial charge >= 0.3 is 0 Å². The van der Waals surface area contributed by atoms with Crippen LogP contribution < -0.4 is 5.32 Å². The van der Waals surface area contributed by atoms with Gasteiger partial charge in [-0.1, -0.05) is 35.9 Å². The molecule has 20 heavy (non-hydrogen) atoms. The van der Waals surface area contributed by atoms with Gasteiger partial charge in [0.25, 0.3) is 0 Å². The van der Waals surface area contributed by atoms with Gasteiger partial charge in [-0.05, 0) is 25.5 Å². The van der Waals surface area contributed by atoms with E-state index in [-0.39, 0.29) is 0 Å². The van der Waals surface area contributed by atoms with Crippen LogP contribution in [0.25, 0.3) is 11.3 Å². The maximum atomic E-state index is 5.02. The van der Waals surface area contributed by atoms with Crippen LogP contribution >= 0.6 is 0 Å². The van der Waals surface area contributed by atoms with E-state index in [1.165, 1.54) is 11.1 Å². The third-order valence-electron chi connectivity index (χ3n) is 3.34. The van der Waals surface area contributed by atoms with Crippen LogP contribution in [-0.2, 0) is 11.3 Å². The summed E-state index contributed by atoms with van der Waals surface area (Å²) in [5.41, 5.74) is 5.77. The van der Waals surface area contributed by atoms with E-state index in [2.05, 4.69) is 55.6 Å². The number of ether oxygens (including phenoxy) is 1. The van der Waals surface area contributed by atoms with Crippen molar-refractivity contribution in [3.05, 3.63) is 53.2 Å². The minimum absolute atomic E-state index is 0.730. The molecular weight excluding hydrogens is 248 g/mol. The Morgan fingerprint density at radius 1 is 1.05 bits per heavy atom. The maximum Gasteiger partial charge on any atom is 0.0705 e. The Kier molecular flexibility index (Phi) is 5.27. The molecule has 0 saturated carbocycles. The molecule has 0 bridgehead atoms. The van der Waals surface area contributed by atoms with E-state index < -0.39 is 0 Å². The van der Waals surface area contributed by atoms with Crippen molar-refractivity contribution in [3.63, 3.8) is 0 Å². The number of aromatic nitrogens is 1. The van der Waals surface area contributed by atoms with E-state index in [9.17, 15) is 0 Å². The average molecular weight is 270 g/mol. The highest BCUT2D eigenvalue weighted by Gasteiger charge is 2.03. The predicted octanol–water partition coefficient (Wildman–Crippen LogP) is 3.10. The smallest absolute Gasteiger partial charge is 0.0705 e. The number of hydrogen-bond donors (Lipinski definition) is 1.